The van der Waals surface area contributed by atoms with Gasteiger partial charge in [0.15, 0.2) is 15.9 Å². The summed E-state index contributed by atoms with van der Waals surface area (Å²) in [5.74, 6) is 0. The lowest BCUT2D eigenvalue weighted by Crippen LogP contribution is -2.24. The van der Waals surface area contributed by atoms with Crippen molar-refractivity contribution < 1.29 is 0 Å². The summed E-state index contributed by atoms with van der Waals surface area (Å²) < 4.78 is 1.92. The summed E-state index contributed by atoms with van der Waals surface area (Å²) in [5.41, 5.74) is 0.565. The van der Waals surface area contributed by atoms with E-state index in [1.54, 1.807) is 11.3 Å². The summed E-state index contributed by atoms with van der Waals surface area (Å²) in [5, 5.41) is 2.02. The summed E-state index contributed by atoms with van der Waals surface area (Å²) >= 11 is 6.87. The molecule has 0 aliphatic carbocycles. The lowest BCUT2D eigenvalue weighted by Gasteiger charge is -2.06. The van der Waals surface area contributed by atoms with Crippen molar-refractivity contribution in [3.8, 4) is 0 Å². The Kier molecular flexibility index (Phi) is 3.22. The number of aromatic nitrogens is 4. The van der Waals surface area contributed by atoms with Gasteiger partial charge in [-0.3, -0.25) is 9.36 Å². The number of H-pyrrole nitrogens is 1. The minimum Gasteiger partial charge on any atom is -0.315 e. The van der Waals surface area contributed by atoms with E-state index in [1.807, 2.05) is 17.5 Å². The topological polar surface area (TPSA) is 63.6 Å². The minimum absolute atomic E-state index is 0.191. The molecule has 0 saturated carbocycles. The van der Waals surface area contributed by atoms with Crippen LogP contribution in [0.15, 0.2) is 34.7 Å². The van der Waals surface area contributed by atoms with Crippen LogP contribution in [0.4, 0.5) is 0 Å². The van der Waals surface area contributed by atoms with Crippen LogP contribution in [0.3, 0.4) is 0 Å². The Balaban J connectivity index is 2.04. The number of aryl methyl sites for hydroxylation is 1. The first-order chi connectivity index (χ1) is 9.25. The van der Waals surface area contributed by atoms with E-state index in [0.717, 1.165) is 6.42 Å². The maximum atomic E-state index is 12.3. The van der Waals surface area contributed by atoms with Gasteiger partial charge in [0.1, 0.15) is 0 Å². The number of aromatic amines is 1. The lowest BCUT2D eigenvalue weighted by molar-refractivity contribution is 0.654. The van der Waals surface area contributed by atoms with E-state index in [-0.39, 0.29) is 5.56 Å². The maximum absolute atomic E-state index is 12.3. The van der Waals surface area contributed by atoms with Crippen LogP contribution in [0.5, 0.6) is 0 Å². The Morgan fingerprint density at radius 2 is 2.21 bits per heavy atom. The summed E-state index contributed by atoms with van der Waals surface area (Å²) in [6.45, 7) is 0.543. The van der Waals surface area contributed by atoms with Gasteiger partial charge in [-0.2, -0.15) is 0 Å². The van der Waals surface area contributed by atoms with Gasteiger partial charge < -0.3 is 4.98 Å². The maximum Gasteiger partial charge on any atom is 0.282 e. The zero-order chi connectivity index (χ0) is 13.2. The van der Waals surface area contributed by atoms with E-state index in [4.69, 9.17) is 12.2 Å². The van der Waals surface area contributed by atoms with Crippen LogP contribution >= 0.6 is 23.6 Å². The molecule has 0 aliphatic heterocycles. The Labute approximate surface area is 117 Å². The first-order valence-electron chi connectivity index (χ1n) is 5.72. The van der Waals surface area contributed by atoms with Gasteiger partial charge in [-0.05, 0) is 30.1 Å². The molecule has 5 nitrogen and oxygen atoms in total. The molecule has 19 heavy (non-hydrogen) atoms. The third-order valence-electron chi connectivity index (χ3n) is 2.78. The first-order valence-corrected chi connectivity index (χ1v) is 7.01. The standard InChI is InChI=1S/C12H10N4OS2/c17-11-9-10(14-5-4-13-9)15-12(18)16(11)6-3-8-2-1-7-19-8/h1-2,4-5,7H,3,6H2,(H,14,15,18). The number of thiophene rings is 1. The van der Waals surface area contributed by atoms with Gasteiger partial charge in [0.2, 0.25) is 0 Å². The minimum atomic E-state index is -0.191. The molecule has 0 unspecified atom stereocenters. The number of nitrogens with zero attached hydrogens (tertiary/aromatic N) is 3. The zero-order valence-electron chi connectivity index (χ0n) is 9.87. The number of hydrogen-bond donors (Lipinski definition) is 1. The van der Waals surface area contributed by atoms with Gasteiger partial charge in [-0.25, -0.2) is 9.97 Å². The third-order valence-corrected chi connectivity index (χ3v) is 4.04. The van der Waals surface area contributed by atoms with Gasteiger partial charge in [-0.15, -0.1) is 11.3 Å². The molecule has 0 aromatic carbocycles. The third kappa shape index (κ3) is 2.34. The summed E-state index contributed by atoms with van der Waals surface area (Å²) in [7, 11) is 0. The van der Waals surface area contributed by atoms with Crippen LogP contribution in [-0.4, -0.2) is 19.5 Å². The van der Waals surface area contributed by atoms with Gasteiger partial charge >= 0.3 is 0 Å². The normalized spacial score (nSPS) is 10.9. The first kappa shape index (κ1) is 12.2. The Morgan fingerprint density at radius 1 is 1.37 bits per heavy atom. The average molecular weight is 290 g/mol. The van der Waals surface area contributed by atoms with Crippen molar-refractivity contribution in [3.05, 3.63) is 49.9 Å². The van der Waals surface area contributed by atoms with E-state index in [1.165, 1.54) is 21.8 Å². The molecule has 3 aromatic heterocycles. The van der Waals surface area contributed by atoms with E-state index < -0.39 is 0 Å². The summed E-state index contributed by atoms with van der Waals surface area (Å²) in [6.07, 6.45) is 3.81. The molecule has 0 aliphatic rings. The molecule has 0 bridgehead atoms. The van der Waals surface area contributed by atoms with Crippen molar-refractivity contribution in [1.29, 1.82) is 0 Å². The molecule has 3 rings (SSSR count). The second-order valence-corrected chi connectivity index (χ2v) is 5.39. The van der Waals surface area contributed by atoms with E-state index in [9.17, 15) is 4.79 Å². The highest BCUT2D eigenvalue weighted by molar-refractivity contribution is 7.71. The van der Waals surface area contributed by atoms with Crippen LogP contribution in [0, 0.1) is 4.77 Å². The average Bonchev–Trinajstić information content (AvgIpc) is 2.92. The Bertz CT molecular complexity index is 820. The molecule has 0 amide bonds. The fourth-order valence-corrected chi connectivity index (χ4v) is 2.82. The smallest absolute Gasteiger partial charge is 0.282 e. The number of fused-ring (bicyclic) bond motifs is 1. The number of nitrogens with one attached hydrogen (secondary N) is 1. The quantitative estimate of drug-likeness (QED) is 0.751. The van der Waals surface area contributed by atoms with E-state index >= 15 is 0 Å². The highest BCUT2D eigenvalue weighted by Gasteiger charge is 2.07. The summed E-state index contributed by atoms with van der Waals surface area (Å²) in [6, 6.07) is 4.04. The molecular formula is C12H10N4OS2. The molecule has 0 fully saturated rings. The zero-order valence-corrected chi connectivity index (χ0v) is 11.5. The largest absolute Gasteiger partial charge is 0.315 e. The molecule has 0 saturated heterocycles. The molecule has 0 radical (unpaired) electrons. The second kappa shape index (κ2) is 5.02. The van der Waals surface area contributed by atoms with Crippen LogP contribution in [0.1, 0.15) is 4.88 Å². The number of rotatable bonds is 3. The summed E-state index contributed by atoms with van der Waals surface area (Å²) in [4.78, 5) is 24.6. The highest BCUT2D eigenvalue weighted by Crippen LogP contribution is 2.10. The molecule has 0 spiro atoms. The van der Waals surface area contributed by atoms with Crippen molar-refractivity contribution in [2.75, 3.05) is 0 Å². The molecule has 3 heterocycles. The van der Waals surface area contributed by atoms with Crippen LogP contribution < -0.4 is 5.56 Å². The fourth-order valence-electron chi connectivity index (χ4n) is 1.85. The molecule has 1 N–H and O–H groups in total. The lowest BCUT2D eigenvalue weighted by atomic mass is 10.3. The van der Waals surface area contributed by atoms with Gasteiger partial charge in [0, 0.05) is 23.8 Å². The molecule has 0 atom stereocenters. The Morgan fingerprint density at radius 3 is 3.00 bits per heavy atom. The van der Waals surface area contributed by atoms with Crippen LogP contribution in [-0.2, 0) is 13.0 Å². The van der Waals surface area contributed by atoms with E-state index in [2.05, 4.69) is 15.0 Å². The van der Waals surface area contributed by atoms with Gasteiger partial charge in [-0.1, -0.05) is 6.07 Å². The predicted molar refractivity (Wildman–Crippen MR) is 77.0 cm³/mol. The second-order valence-electron chi connectivity index (χ2n) is 3.97. The van der Waals surface area contributed by atoms with Gasteiger partial charge in [0.25, 0.3) is 5.56 Å². The SMILES string of the molecule is O=c1c2nccnc2[nH]c(=S)n1CCc1cccs1. The van der Waals surface area contributed by atoms with Crippen molar-refractivity contribution in [3.63, 3.8) is 0 Å². The molecule has 3 aromatic rings. The van der Waals surface area contributed by atoms with Crippen molar-refractivity contribution in [2.45, 2.75) is 13.0 Å². The molecule has 7 heteroatoms. The van der Waals surface area contributed by atoms with Crippen LogP contribution in [0.2, 0.25) is 0 Å². The van der Waals surface area contributed by atoms with Crippen LogP contribution in [0.25, 0.3) is 11.2 Å². The fraction of sp³-hybridized carbons (Fsp3) is 0.167. The number of hydrogen-bond acceptors (Lipinski definition) is 5. The molecular weight excluding hydrogens is 280 g/mol. The monoisotopic (exact) mass is 290 g/mol. The van der Waals surface area contributed by atoms with Crippen molar-refractivity contribution in [1.82, 2.24) is 19.5 Å². The van der Waals surface area contributed by atoms with Crippen molar-refractivity contribution >= 4 is 34.7 Å². The Hall–Kier alpha value is -1.86. The van der Waals surface area contributed by atoms with Gasteiger partial charge in [0.05, 0.1) is 0 Å². The highest BCUT2D eigenvalue weighted by atomic mass is 32.1. The van der Waals surface area contributed by atoms with Crippen molar-refractivity contribution in [2.24, 2.45) is 0 Å². The predicted octanol–water partition coefficient (Wildman–Crippen LogP) is 2.15. The van der Waals surface area contributed by atoms with E-state index in [0.29, 0.717) is 22.5 Å². The molecule has 96 valence electrons.